The molecule has 0 saturated carbocycles. The third-order valence-corrected chi connectivity index (χ3v) is 1.66. The minimum Gasteiger partial charge on any atom is -0.494 e. The SMILES string of the molecule is COc1ccc(OC)c(OCF)c1F. The van der Waals surface area contributed by atoms with Gasteiger partial charge in [-0.2, -0.15) is 4.39 Å². The molecule has 0 fully saturated rings. The van der Waals surface area contributed by atoms with E-state index in [1.54, 1.807) is 0 Å². The summed E-state index contributed by atoms with van der Waals surface area (Å²) < 4.78 is 39.3. The second-order valence-corrected chi connectivity index (χ2v) is 2.37. The molecule has 0 radical (unpaired) electrons. The third kappa shape index (κ3) is 1.86. The first-order chi connectivity index (χ1) is 6.74. The molecule has 0 unspecified atom stereocenters. The van der Waals surface area contributed by atoms with Crippen LogP contribution in [-0.2, 0) is 0 Å². The number of benzene rings is 1. The van der Waals surface area contributed by atoms with Crippen molar-refractivity contribution in [3.8, 4) is 17.2 Å². The smallest absolute Gasteiger partial charge is 0.228 e. The Kier molecular flexibility index (Phi) is 3.50. The second-order valence-electron chi connectivity index (χ2n) is 2.37. The van der Waals surface area contributed by atoms with Crippen molar-refractivity contribution in [2.24, 2.45) is 0 Å². The zero-order valence-corrected chi connectivity index (χ0v) is 7.84. The summed E-state index contributed by atoms with van der Waals surface area (Å²) in [5.74, 6) is -0.950. The molecule has 0 N–H and O–H groups in total. The summed E-state index contributed by atoms with van der Waals surface area (Å²) in [7, 11) is 2.65. The van der Waals surface area contributed by atoms with E-state index >= 15 is 0 Å². The topological polar surface area (TPSA) is 27.7 Å². The van der Waals surface area contributed by atoms with Gasteiger partial charge in [-0.25, -0.2) is 4.39 Å². The van der Waals surface area contributed by atoms with E-state index in [-0.39, 0.29) is 17.2 Å². The van der Waals surface area contributed by atoms with Crippen LogP contribution in [0, 0.1) is 5.82 Å². The molecule has 78 valence electrons. The fourth-order valence-electron chi connectivity index (χ4n) is 1.03. The molecule has 0 amide bonds. The molecular formula is C9H10F2O3. The van der Waals surface area contributed by atoms with Gasteiger partial charge in [0.05, 0.1) is 14.2 Å². The van der Waals surface area contributed by atoms with E-state index < -0.39 is 12.7 Å². The number of hydrogen-bond donors (Lipinski definition) is 0. The van der Waals surface area contributed by atoms with E-state index in [9.17, 15) is 8.78 Å². The molecule has 5 heteroatoms. The number of alkyl halides is 1. The predicted molar refractivity (Wildman–Crippen MR) is 46.1 cm³/mol. The number of hydrogen-bond acceptors (Lipinski definition) is 3. The Morgan fingerprint density at radius 3 is 2.21 bits per heavy atom. The Morgan fingerprint density at radius 2 is 1.71 bits per heavy atom. The van der Waals surface area contributed by atoms with Gasteiger partial charge in [0.25, 0.3) is 0 Å². The fraction of sp³-hybridized carbons (Fsp3) is 0.333. The van der Waals surface area contributed by atoms with Crippen LogP contribution in [0.25, 0.3) is 0 Å². The van der Waals surface area contributed by atoms with Crippen LogP contribution in [0.3, 0.4) is 0 Å². The minimum atomic E-state index is -1.12. The quantitative estimate of drug-likeness (QED) is 0.752. The molecule has 0 aliphatic carbocycles. The van der Waals surface area contributed by atoms with Crippen LogP contribution in [-0.4, -0.2) is 21.1 Å². The first kappa shape index (κ1) is 10.6. The molecule has 1 aromatic rings. The minimum absolute atomic E-state index is 0.0192. The standard InChI is InChI=1S/C9H10F2O3/c1-12-6-3-4-7(13-2)9(8(6)11)14-5-10/h3-4H,5H2,1-2H3. The van der Waals surface area contributed by atoms with Gasteiger partial charge in [-0.05, 0) is 12.1 Å². The summed E-state index contributed by atoms with van der Waals surface area (Å²) in [6, 6.07) is 2.81. The molecular weight excluding hydrogens is 194 g/mol. The Balaban J connectivity index is 3.16. The Morgan fingerprint density at radius 1 is 1.14 bits per heavy atom. The molecule has 0 spiro atoms. The van der Waals surface area contributed by atoms with Crippen LogP contribution in [0.1, 0.15) is 0 Å². The predicted octanol–water partition coefficient (Wildman–Crippen LogP) is 2.15. The van der Waals surface area contributed by atoms with E-state index in [1.807, 2.05) is 0 Å². The lowest BCUT2D eigenvalue weighted by Crippen LogP contribution is -1.99. The maximum Gasteiger partial charge on any atom is 0.228 e. The van der Waals surface area contributed by atoms with Gasteiger partial charge < -0.3 is 14.2 Å². The van der Waals surface area contributed by atoms with Crippen molar-refractivity contribution in [1.82, 2.24) is 0 Å². The number of halogens is 2. The highest BCUT2D eigenvalue weighted by Crippen LogP contribution is 2.35. The van der Waals surface area contributed by atoms with Crippen molar-refractivity contribution < 1.29 is 23.0 Å². The third-order valence-electron chi connectivity index (χ3n) is 1.66. The molecule has 14 heavy (non-hydrogen) atoms. The van der Waals surface area contributed by atoms with Gasteiger partial charge in [-0.3, -0.25) is 0 Å². The van der Waals surface area contributed by atoms with E-state index in [4.69, 9.17) is 9.47 Å². The Labute approximate surface area is 80.2 Å². The normalized spacial score (nSPS) is 9.71. The average molecular weight is 204 g/mol. The molecule has 0 aromatic heterocycles. The molecule has 0 aliphatic heterocycles. The van der Waals surface area contributed by atoms with Gasteiger partial charge in [-0.15, -0.1) is 0 Å². The average Bonchev–Trinajstić information content (AvgIpc) is 2.21. The van der Waals surface area contributed by atoms with Gasteiger partial charge in [-0.1, -0.05) is 0 Å². The van der Waals surface area contributed by atoms with Crippen molar-refractivity contribution in [2.75, 3.05) is 21.1 Å². The van der Waals surface area contributed by atoms with Crippen molar-refractivity contribution in [2.45, 2.75) is 0 Å². The lowest BCUT2D eigenvalue weighted by molar-refractivity contribution is 0.175. The summed E-state index contributed by atoms with van der Waals surface area (Å²) in [4.78, 5) is 0. The maximum absolute atomic E-state index is 13.4. The largest absolute Gasteiger partial charge is 0.494 e. The molecule has 0 saturated heterocycles. The van der Waals surface area contributed by atoms with E-state index in [1.165, 1.54) is 26.4 Å². The van der Waals surface area contributed by atoms with Gasteiger partial charge in [0.15, 0.2) is 11.5 Å². The maximum atomic E-state index is 13.4. The van der Waals surface area contributed by atoms with E-state index in [0.29, 0.717) is 0 Å². The summed E-state index contributed by atoms with van der Waals surface area (Å²) in [6.45, 7) is -1.12. The molecule has 3 nitrogen and oxygen atoms in total. The number of ether oxygens (including phenoxy) is 3. The first-order valence-corrected chi connectivity index (χ1v) is 3.83. The lowest BCUT2D eigenvalue weighted by atomic mass is 10.3. The van der Waals surface area contributed by atoms with Crippen LogP contribution in [0.4, 0.5) is 8.78 Å². The molecule has 1 aromatic carbocycles. The van der Waals surface area contributed by atoms with Gasteiger partial charge >= 0.3 is 0 Å². The Bertz CT molecular complexity index is 315. The Hall–Kier alpha value is -1.52. The second kappa shape index (κ2) is 4.64. The summed E-state index contributed by atoms with van der Waals surface area (Å²) in [5.41, 5.74) is 0. The van der Waals surface area contributed by atoms with Crippen molar-refractivity contribution in [3.05, 3.63) is 17.9 Å². The van der Waals surface area contributed by atoms with Gasteiger partial charge in [0.1, 0.15) is 0 Å². The number of rotatable bonds is 4. The molecule has 0 bridgehead atoms. The van der Waals surface area contributed by atoms with Crippen LogP contribution in [0.2, 0.25) is 0 Å². The van der Waals surface area contributed by atoms with E-state index in [2.05, 4.69) is 4.74 Å². The van der Waals surface area contributed by atoms with Crippen LogP contribution < -0.4 is 14.2 Å². The van der Waals surface area contributed by atoms with Crippen LogP contribution in [0.15, 0.2) is 12.1 Å². The monoisotopic (exact) mass is 204 g/mol. The molecule has 0 atom stereocenters. The summed E-state index contributed by atoms with van der Waals surface area (Å²) >= 11 is 0. The zero-order chi connectivity index (χ0) is 10.6. The van der Waals surface area contributed by atoms with E-state index in [0.717, 1.165) is 0 Å². The van der Waals surface area contributed by atoms with Crippen LogP contribution >= 0.6 is 0 Å². The highest BCUT2D eigenvalue weighted by molar-refractivity contribution is 5.47. The fourth-order valence-corrected chi connectivity index (χ4v) is 1.03. The summed E-state index contributed by atoms with van der Waals surface area (Å²) in [5, 5.41) is 0. The molecule has 0 aliphatic rings. The van der Waals surface area contributed by atoms with Gasteiger partial charge in [0, 0.05) is 0 Å². The lowest BCUT2D eigenvalue weighted by Gasteiger charge is -2.10. The van der Waals surface area contributed by atoms with Crippen molar-refractivity contribution >= 4 is 0 Å². The highest BCUT2D eigenvalue weighted by Gasteiger charge is 2.15. The molecule has 1 rings (SSSR count). The zero-order valence-electron chi connectivity index (χ0n) is 7.84. The number of methoxy groups -OCH3 is 2. The first-order valence-electron chi connectivity index (χ1n) is 3.83. The van der Waals surface area contributed by atoms with Crippen molar-refractivity contribution in [3.63, 3.8) is 0 Å². The molecule has 0 heterocycles. The van der Waals surface area contributed by atoms with Gasteiger partial charge in [0.2, 0.25) is 18.4 Å². The highest BCUT2D eigenvalue weighted by atomic mass is 19.1. The van der Waals surface area contributed by atoms with Crippen molar-refractivity contribution in [1.29, 1.82) is 0 Å². The summed E-state index contributed by atoms with van der Waals surface area (Å²) in [6.07, 6.45) is 0. The van der Waals surface area contributed by atoms with Crippen LogP contribution in [0.5, 0.6) is 17.2 Å².